The van der Waals surface area contributed by atoms with Crippen LogP contribution in [-0.2, 0) is 9.53 Å². The summed E-state index contributed by atoms with van der Waals surface area (Å²) in [5, 5.41) is 8.93. The minimum absolute atomic E-state index is 0.00763. The van der Waals surface area contributed by atoms with E-state index in [9.17, 15) is 9.59 Å². The van der Waals surface area contributed by atoms with Gasteiger partial charge in [-0.15, -0.1) is 0 Å². The van der Waals surface area contributed by atoms with E-state index >= 15 is 0 Å². The van der Waals surface area contributed by atoms with Crippen LogP contribution in [0.3, 0.4) is 0 Å². The van der Waals surface area contributed by atoms with Gasteiger partial charge in [0, 0.05) is 18.8 Å². The van der Waals surface area contributed by atoms with E-state index in [0.717, 1.165) is 0 Å². The summed E-state index contributed by atoms with van der Waals surface area (Å²) in [4.78, 5) is 29.1. The molecule has 7 heteroatoms. The number of amides is 1. The molecule has 7 nitrogen and oxygen atoms in total. The molecule has 1 unspecified atom stereocenters. The van der Waals surface area contributed by atoms with Crippen molar-refractivity contribution < 1.29 is 24.2 Å². The number of ether oxygens (including phenoxy) is 2. The molecule has 1 aromatic heterocycles. The highest BCUT2D eigenvalue weighted by Gasteiger charge is 2.29. The van der Waals surface area contributed by atoms with E-state index in [1.165, 1.54) is 11.1 Å². The third kappa shape index (κ3) is 4.17. The molecule has 0 saturated carbocycles. The Bertz CT molecular complexity index is 529. The predicted molar refractivity (Wildman–Crippen MR) is 77.9 cm³/mol. The molecule has 1 amide bonds. The second-order valence-electron chi connectivity index (χ2n) is 5.38. The van der Waals surface area contributed by atoms with E-state index in [1.807, 2.05) is 13.8 Å². The number of hydrogen-bond acceptors (Lipinski definition) is 5. The van der Waals surface area contributed by atoms with Gasteiger partial charge in [-0.3, -0.25) is 9.59 Å². The molecule has 1 aliphatic rings. The number of carboxylic acids is 1. The summed E-state index contributed by atoms with van der Waals surface area (Å²) in [6.07, 6.45) is 1.33. The molecule has 1 aromatic rings. The van der Waals surface area contributed by atoms with Crippen LogP contribution in [-0.4, -0.2) is 58.8 Å². The molecule has 0 bridgehead atoms. The van der Waals surface area contributed by atoms with Gasteiger partial charge in [0.1, 0.15) is 0 Å². The van der Waals surface area contributed by atoms with Gasteiger partial charge in [-0.2, -0.15) is 0 Å². The molecule has 120 valence electrons. The quantitative estimate of drug-likeness (QED) is 0.879. The van der Waals surface area contributed by atoms with Gasteiger partial charge in [0.05, 0.1) is 37.3 Å². The van der Waals surface area contributed by atoms with Gasteiger partial charge in [0.2, 0.25) is 5.88 Å². The van der Waals surface area contributed by atoms with E-state index < -0.39 is 12.0 Å². The molecule has 0 aliphatic carbocycles. The van der Waals surface area contributed by atoms with Crippen LogP contribution in [0.15, 0.2) is 18.3 Å². The van der Waals surface area contributed by atoms with Crippen LogP contribution in [0.4, 0.5) is 0 Å². The molecule has 1 fully saturated rings. The smallest absolute Gasteiger partial charge is 0.305 e. The fourth-order valence-electron chi connectivity index (χ4n) is 2.28. The topological polar surface area (TPSA) is 89.0 Å². The molecule has 1 saturated heterocycles. The van der Waals surface area contributed by atoms with Crippen LogP contribution in [0, 0.1) is 0 Å². The molecule has 2 rings (SSSR count). The summed E-state index contributed by atoms with van der Waals surface area (Å²) in [5.41, 5.74) is 0.411. The number of morpholine rings is 1. The average Bonchev–Trinajstić information content (AvgIpc) is 2.47. The van der Waals surface area contributed by atoms with Gasteiger partial charge >= 0.3 is 5.97 Å². The van der Waals surface area contributed by atoms with E-state index in [-0.39, 0.29) is 25.0 Å². The van der Waals surface area contributed by atoms with Crippen LogP contribution in [0.1, 0.15) is 30.6 Å². The molecule has 1 atom stereocenters. The van der Waals surface area contributed by atoms with Gasteiger partial charge in [0.15, 0.2) is 0 Å². The Morgan fingerprint density at radius 1 is 1.50 bits per heavy atom. The first-order valence-corrected chi connectivity index (χ1v) is 7.20. The van der Waals surface area contributed by atoms with Crippen molar-refractivity contribution >= 4 is 11.9 Å². The van der Waals surface area contributed by atoms with E-state index in [2.05, 4.69) is 4.98 Å². The third-order valence-electron chi connectivity index (χ3n) is 3.24. The van der Waals surface area contributed by atoms with Crippen molar-refractivity contribution in [3.63, 3.8) is 0 Å². The average molecular weight is 308 g/mol. The SMILES string of the molecule is CC(C)Oc1ccc(C(=O)N2CCOCC2CC(=O)O)cn1. The second kappa shape index (κ2) is 7.22. The van der Waals surface area contributed by atoms with Crippen molar-refractivity contribution in [2.45, 2.75) is 32.4 Å². The molecular weight excluding hydrogens is 288 g/mol. The molecule has 1 aliphatic heterocycles. The molecule has 1 N–H and O–H groups in total. The number of carboxylic acid groups (broad SMARTS) is 1. The lowest BCUT2D eigenvalue weighted by Gasteiger charge is -2.34. The van der Waals surface area contributed by atoms with E-state index in [4.69, 9.17) is 14.6 Å². The number of carbonyl (C=O) groups is 2. The number of aliphatic carboxylic acids is 1. The summed E-state index contributed by atoms with van der Waals surface area (Å²) >= 11 is 0. The van der Waals surface area contributed by atoms with Crippen LogP contribution >= 0.6 is 0 Å². The van der Waals surface area contributed by atoms with Crippen LogP contribution in [0.25, 0.3) is 0 Å². The fourth-order valence-corrected chi connectivity index (χ4v) is 2.28. The van der Waals surface area contributed by atoms with Crippen molar-refractivity contribution in [2.75, 3.05) is 19.8 Å². The lowest BCUT2D eigenvalue weighted by molar-refractivity contribution is -0.139. The summed E-state index contributed by atoms with van der Waals surface area (Å²) in [7, 11) is 0. The Labute approximate surface area is 128 Å². The van der Waals surface area contributed by atoms with Gasteiger partial charge in [0.25, 0.3) is 5.91 Å². The summed E-state index contributed by atoms with van der Waals surface area (Å²) in [6, 6.07) is 2.82. The molecule has 0 spiro atoms. The largest absolute Gasteiger partial charge is 0.481 e. The number of aromatic nitrogens is 1. The Balaban J connectivity index is 2.09. The highest BCUT2D eigenvalue weighted by atomic mass is 16.5. The first-order chi connectivity index (χ1) is 10.5. The lowest BCUT2D eigenvalue weighted by Crippen LogP contribution is -2.49. The Kier molecular flexibility index (Phi) is 5.32. The number of hydrogen-bond donors (Lipinski definition) is 1. The minimum Gasteiger partial charge on any atom is -0.481 e. The van der Waals surface area contributed by atoms with Crippen molar-refractivity contribution in [1.29, 1.82) is 0 Å². The number of rotatable bonds is 5. The zero-order chi connectivity index (χ0) is 16.1. The Hall–Kier alpha value is -2.15. The van der Waals surface area contributed by atoms with E-state index in [1.54, 1.807) is 12.1 Å². The maximum atomic E-state index is 12.5. The monoisotopic (exact) mass is 308 g/mol. The third-order valence-corrected chi connectivity index (χ3v) is 3.24. The van der Waals surface area contributed by atoms with Gasteiger partial charge in [-0.1, -0.05) is 0 Å². The van der Waals surface area contributed by atoms with Crippen molar-refractivity contribution in [2.24, 2.45) is 0 Å². The zero-order valence-electron chi connectivity index (χ0n) is 12.7. The maximum Gasteiger partial charge on any atom is 0.305 e. The summed E-state index contributed by atoms with van der Waals surface area (Å²) in [6.45, 7) is 4.81. The van der Waals surface area contributed by atoms with E-state index in [0.29, 0.717) is 24.6 Å². The molecular formula is C15H20N2O5. The number of carbonyl (C=O) groups excluding carboxylic acids is 1. The summed E-state index contributed by atoms with van der Waals surface area (Å²) in [5.74, 6) is -0.735. The highest BCUT2D eigenvalue weighted by Crippen LogP contribution is 2.16. The molecule has 0 aromatic carbocycles. The Morgan fingerprint density at radius 2 is 2.27 bits per heavy atom. The highest BCUT2D eigenvalue weighted by molar-refractivity contribution is 5.94. The standard InChI is InChI=1S/C15H20N2O5/c1-10(2)22-13-4-3-11(8-16-13)15(20)17-5-6-21-9-12(17)7-14(18)19/h3-4,8,10,12H,5-7,9H2,1-2H3,(H,18,19). The van der Waals surface area contributed by atoms with Gasteiger partial charge < -0.3 is 19.5 Å². The van der Waals surface area contributed by atoms with Crippen molar-refractivity contribution in [1.82, 2.24) is 9.88 Å². The maximum absolute atomic E-state index is 12.5. The molecule has 2 heterocycles. The second-order valence-corrected chi connectivity index (χ2v) is 5.38. The zero-order valence-corrected chi connectivity index (χ0v) is 12.7. The Morgan fingerprint density at radius 3 is 2.86 bits per heavy atom. The van der Waals surface area contributed by atoms with Crippen LogP contribution in [0.5, 0.6) is 5.88 Å². The van der Waals surface area contributed by atoms with Crippen LogP contribution in [0.2, 0.25) is 0 Å². The molecule has 0 radical (unpaired) electrons. The minimum atomic E-state index is -0.952. The van der Waals surface area contributed by atoms with Gasteiger partial charge in [-0.25, -0.2) is 4.98 Å². The normalized spacial score (nSPS) is 18.3. The predicted octanol–water partition coefficient (Wildman–Crippen LogP) is 1.18. The van der Waals surface area contributed by atoms with Gasteiger partial charge in [-0.05, 0) is 19.9 Å². The summed E-state index contributed by atoms with van der Waals surface area (Å²) < 4.78 is 10.7. The first-order valence-electron chi connectivity index (χ1n) is 7.20. The molecule has 22 heavy (non-hydrogen) atoms. The van der Waals surface area contributed by atoms with Crippen molar-refractivity contribution in [3.05, 3.63) is 23.9 Å². The number of nitrogens with zero attached hydrogens (tertiary/aromatic N) is 2. The number of pyridine rings is 1. The van der Waals surface area contributed by atoms with Crippen molar-refractivity contribution in [3.8, 4) is 5.88 Å². The first kappa shape index (κ1) is 16.2. The fraction of sp³-hybridized carbons (Fsp3) is 0.533. The lowest BCUT2D eigenvalue weighted by atomic mass is 10.1. The van der Waals surface area contributed by atoms with Crippen LogP contribution < -0.4 is 4.74 Å².